The molecule has 0 bridgehead atoms. The molecule has 3 rings (SSSR count). The van der Waals surface area contributed by atoms with Crippen LogP contribution < -0.4 is 10.1 Å². The van der Waals surface area contributed by atoms with E-state index in [9.17, 15) is 4.39 Å². The first-order valence-corrected chi connectivity index (χ1v) is 8.84. The fourth-order valence-electron chi connectivity index (χ4n) is 3.03. The Morgan fingerprint density at radius 3 is 2.77 bits per heavy atom. The molecule has 5 heteroatoms. The van der Waals surface area contributed by atoms with Crippen LogP contribution in [0, 0.1) is 12.7 Å². The summed E-state index contributed by atoms with van der Waals surface area (Å²) in [6.45, 7) is 7.42. The fraction of sp³-hybridized carbons (Fsp3) is 0.286. The maximum Gasteiger partial charge on any atom is 0.125 e. The Kier molecular flexibility index (Phi) is 5.68. The van der Waals surface area contributed by atoms with Gasteiger partial charge in [-0.2, -0.15) is 5.10 Å². The van der Waals surface area contributed by atoms with Crippen LogP contribution in [0.2, 0.25) is 0 Å². The number of halogens is 1. The smallest absolute Gasteiger partial charge is 0.125 e. The van der Waals surface area contributed by atoms with Gasteiger partial charge in [0.15, 0.2) is 0 Å². The average Bonchev–Trinajstić information content (AvgIpc) is 3.02. The number of nitrogens with one attached hydrogen (secondary N) is 1. The molecule has 1 atom stereocenters. The molecular weight excluding hydrogens is 329 g/mol. The van der Waals surface area contributed by atoms with Gasteiger partial charge in [-0.25, -0.2) is 9.07 Å². The lowest BCUT2D eigenvalue weighted by molar-refractivity contribution is 0.335. The summed E-state index contributed by atoms with van der Waals surface area (Å²) in [5.74, 6) is 0.638. The van der Waals surface area contributed by atoms with E-state index in [4.69, 9.17) is 4.74 Å². The van der Waals surface area contributed by atoms with E-state index in [2.05, 4.69) is 23.4 Å². The van der Waals surface area contributed by atoms with Crippen LogP contribution in [0.5, 0.6) is 5.75 Å². The lowest BCUT2D eigenvalue weighted by Crippen LogP contribution is -2.19. The minimum absolute atomic E-state index is 0.104. The first kappa shape index (κ1) is 18.1. The zero-order chi connectivity index (χ0) is 18.5. The van der Waals surface area contributed by atoms with E-state index in [0.29, 0.717) is 13.2 Å². The van der Waals surface area contributed by atoms with Gasteiger partial charge in [0.05, 0.1) is 18.5 Å². The van der Waals surface area contributed by atoms with E-state index in [0.717, 1.165) is 28.3 Å². The number of rotatable bonds is 7. The summed E-state index contributed by atoms with van der Waals surface area (Å²) in [6.07, 6.45) is 1.84. The second-order valence-electron chi connectivity index (χ2n) is 6.22. The molecule has 1 aromatic heterocycles. The molecule has 0 unspecified atom stereocenters. The second-order valence-corrected chi connectivity index (χ2v) is 6.22. The molecule has 1 heterocycles. The van der Waals surface area contributed by atoms with Crippen molar-refractivity contribution >= 4 is 0 Å². The molecule has 26 heavy (non-hydrogen) atoms. The van der Waals surface area contributed by atoms with Gasteiger partial charge in [0.2, 0.25) is 0 Å². The first-order chi connectivity index (χ1) is 12.6. The van der Waals surface area contributed by atoms with Crippen LogP contribution in [0.4, 0.5) is 4.39 Å². The standard InChI is InChI=1S/C21H24FN3O/c1-4-26-21-11-6-5-8-17(21)13-23-15(2)20-14-24-25(16(20)3)19-10-7-9-18(22)12-19/h5-12,14-15,23H,4,13H2,1-3H3/t15-/m0/s1. The van der Waals surface area contributed by atoms with Crippen molar-refractivity contribution in [3.8, 4) is 11.4 Å². The fourth-order valence-corrected chi connectivity index (χ4v) is 3.03. The number of ether oxygens (including phenoxy) is 1. The zero-order valence-corrected chi connectivity index (χ0v) is 15.4. The molecular formula is C21H24FN3O. The molecule has 0 aliphatic carbocycles. The second kappa shape index (κ2) is 8.15. The lowest BCUT2D eigenvalue weighted by Gasteiger charge is -2.16. The molecule has 0 amide bonds. The predicted molar refractivity (Wildman–Crippen MR) is 101 cm³/mol. The quantitative estimate of drug-likeness (QED) is 0.676. The van der Waals surface area contributed by atoms with Crippen LogP contribution in [0.3, 0.4) is 0 Å². The topological polar surface area (TPSA) is 39.1 Å². The van der Waals surface area contributed by atoms with Gasteiger partial charge in [-0.3, -0.25) is 0 Å². The number of hydrogen-bond donors (Lipinski definition) is 1. The van der Waals surface area contributed by atoms with Crippen LogP contribution in [0.25, 0.3) is 5.69 Å². The molecule has 2 aromatic carbocycles. The van der Waals surface area contributed by atoms with E-state index < -0.39 is 0 Å². The normalized spacial score (nSPS) is 12.2. The van der Waals surface area contributed by atoms with Gasteiger partial charge in [0, 0.05) is 29.4 Å². The number of hydrogen-bond acceptors (Lipinski definition) is 3. The lowest BCUT2D eigenvalue weighted by atomic mass is 10.1. The van der Waals surface area contributed by atoms with E-state index in [1.54, 1.807) is 10.7 Å². The maximum absolute atomic E-state index is 13.5. The van der Waals surface area contributed by atoms with Crippen LogP contribution in [-0.4, -0.2) is 16.4 Å². The van der Waals surface area contributed by atoms with Crippen LogP contribution in [0.1, 0.15) is 36.7 Å². The Bertz CT molecular complexity index is 875. The van der Waals surface area contributed by atoms with Gasteiger partial charge in [0.1, 0.15) is 11.6 Å². The number of aromatic nitrogens is 2. The summed E-state index contributed by atoms with van der Waals surface area (Å²) >= 11 is 0. The van der Waals surface area contributed by atoms with Crippen molar-refractivity contribution in [3.63, 3.8) is 0 Å². The maximum atomic E-state index is 13.5. The van der Waals surface area contributed by atoms with Gasteiger partial charge in [-0.1, -0.05) is 24.3 Å². The van der Waals surface area contributed by atoms with Crippen molar-refractivity contribution in [2.75, 3.05) is 6.61 Å². The van der Waals surface area contributed by atoms with Crippen molar-refractivity contribution in [1.29, 1.82) is 0 Å². The molecule has 0 saturated heterocycles. The summed E-state index contributed by atoms with van der Waals surface area (Å²) in [4.78, 5) is 0. The zero-order valence-electron chi connectivity index (χ0n) is 15.4. The summed E-state index contributed by atoms with van der Waals surface area (Å²) in [5.41, 5.74) is 3.93. The third-order valence-electron chi connectivity index (χ3n) is 4.44. The average molecular weight is 353 g/mol. The third-order valence-corrected chi connectivity index (χ3v) is 4.44. The van der Waals surface area contributed by atoms with Gasteiger partial charge >= 0.3 is 0 Å². The molecule has 0 aliphatic heterocycles. The van der Waals surface area contributed by atoms with E-state index in [1.807, 2.05) is 44.3 Å². The van der Waals surface area contributed by atoms with Crippen LogP contribution in [-0.2, 0) is 6.54 Å². The molecule has 0 radical (unpaired) electrons. The molecule has 0 saturated carbocycles. The summed E-state index contributed by atoms with van der Waals surface area (Å²) in [6, 6.07) is 14.6. The van der Waals surface area contributed by atoms with Crippen molar-refractivity contribution in [3.05, 3.63) is 77.4 Å². The highest BCUT2D eigenvalue weighted by Gasteiger charge is 2.15. The Hall–Kier alpha value is -2.66. The van der Waals surface area contributed by atoms with E-state index in [-0.39, 0.29) is 11.9 Å². The molecule has 3 aromatic rings. The van der Waals surface area contributed by atoms with Crippen molar-refractivity contribution in [1.82, 2.24) is 15.1 Å². The van der Waals surface area contributed by atoms with Gasteiger partial charge < -0.3 is 10.1 Å². The summed E-state index contributed by atoms with van der Waals surface area (Å²) in [5, 5.41) is 7.96. The SMILES string of the molecule is CCOc1ccccc1CN[C@@H](C)c1cnn(-c2cccc(F)c2)c1C. The van der Waals surface area contributed by atoms with E-state index >= 15 is 0 Å². The van der Waals surface area contributed by atoms with Gasteiger partial charge in [0.25, 0.3) is 0 Å². The summed E-state index contributed by atoms with van der Waals surface area (Å²) < 4.78 is 20.9. The van der Waals surface area contributed by atoms with Gasteiger partial charge in [-0.05, 0) is 45.0 Å². The Morgan fingerprint density at radius 1 is 1.19 bits per heavy atom. The predicted octanol–water partition coefficient (Wildman–Crippen LogP) is 4.57. The molecule has 4 nitrogen and oxygen atoms in total. The van der Waals surface area contributed by atoms with Crippen LogP contribution >= 0.6 is 0 Å². The first-order valence-electron chi connectivity index (χ1n) is 8.84. The summed E-state index contributed by atoms with van der Waals surface area (Å²) in [7, 11) is 0. The Morgan fingerprint density at radius 2 is 2.00 bits per heavy atom. The highest BCUT2D eigenvalue weighted by Crippen LogP contribution is 2.23. The third kappa shape index (κ3) is 3.94. The molecule has 0 aliphatic rings. The minimum Gasteiger partial charge on any atom is -0.494 e. The number of benzene rings is 2. The van der Waals surface area contributed by atoms with Gasteiger partial charge in [-0.15, -0.1) is 0 Å². The monoisotopic (exact) mass is 353 g/mol. The molecule has 0 fully saturated rings. The largest absolute Gasteiger partial charge is 0.494 e. The number of nitrogens with zero attached hydrogens (tertiary/aromatic N) is 2. The van der Waals surface area contributed by atoms with E-state index in [1.165, 1.54) is 12.1 Å². The van der Waals surface area contributed by atoms with Crippen molar-refractivity contribution < 1.29 is 9.13 Å². The minimum atomic E-state index is -0.266. The molecule has 136 valence electrons. The van der Waals surface area contributed by atoms with Crippen LogP contribution in [0.15, 0.2) is 54.7 Å². The molecule has 0 spiro atoms. The van der Waals surface area contributed by atoms with Crippen molar-refractivity contribution in [2.24, 2.45) is 0 Å². The molecule has 1 N–H and O–H groups in total. The highest BCUT2D eigenvalue weighted by molar-refractivity contribution is 5.36. The van der Waals surface area contributed by atoms with Crippen molar-refractivity contribution in [2.45, 2.75) is 33.4 Å². The highest BCUT2D eigenvalue weighted by atomic mass is 19.1. The number of para-hydroxylation sites is 1. The Balaban J connectivity index is 1.74. The Labute approximate surface area is 153 Å².